The van der Waals surface area contributed by atoms with E-state index < -0.39 is 0 Å². The van der Waals surface area contributed by atoms with Crippen LogP contribution >= 0.6 is 11.8 Å². The molecule has 1 N–H and O–H groups in total. The molecule has 0 aliphatic heterocycles. The molecule has 2 rings (SSSR count). The predicted molar refractivity (Wildman–Crippen MR) is 96.3 cm³/mol. The maximum atomic E-state index is 12.0. The van der Waals surface area contributed by atoms with Crippen LogP contribution in [0.4, 0.5) is 0 Å². The van der Waals surface area contributed by atoms with Gasteiger partial charge in [0.25, 0.3) is 0 Å². The van der Waals surface area contributed by atoms with Gasteiger partial charge in [-0.15, -0.1) is 11.8 Å². The van der Waals surface area contributed by atoms with Crippen molar-refractivity contribution < 1.29 is 9.53 Å². The minimum Gasteiger partial charge on any atom is -0.496 e. The molecule has 0 fully saturated rings. The molecule has 0 unspecified atom stereocenters. The van der Waals surface area contributed by atoms with Gasteiger partial charge in [0, 0.05) is 11.4 Å². The van der Waals surface area contributed by atoms with Crippen molar-refractivity contribution in [2.24, 2.45) is 0 Å². The van der Waals surface area contributed by atoms with E-state index in [1.807, 2.05) is 30.3 Å². The lowest BCUT2D eigenvalue weighted by molar-refractivity contribution is -0.118. The van der Waals surface area contributed by atoms with Crippen LogP contribution in [0.3, 0.4) is 0 Å². The third-order valence-corrected chi connectivity index (χ3v) is 4.78. The Kier molecular flexibility index (Phi) is 6.53. The highest BCUT2D eigenvalue weighted by Crippen LogP contribution is 2.22. The topological polar surface area (TPSA) is 38.3 Å². The molecular formula is C19H23NO2S. The maximum absolute atomic E-state index is 12.0. The number of nitrogens with one attached hydrogen (secondary N) is 1. The monoisotopic (exact) mass is 329 g/mol. The summed E-state index contributed by atoms with van der Waals surface area (Å²) >= 11 is 1.57. The first kappa shape index (κ1) is 17.4. The van der Waals surface area contributed by atoms with Crippen LogP contribution in [0, 0.1) is 13.8 Å². The summed E-state index contributed by atoms with van der Waals surface area (Å²) in [4.78, 5) is 13.1. The fourth-order valence-corrected chi connectivity index (χ4v) is 3.21. The summed E-state index contributed by atoms with van der Waals surface area (Å²) < 4.78 is 5.36. The molecule has 2 aromatic carbocycles. The zero-order valence-corrected chi connectivity index (χ0v) is 14.7. The summed E-state index contributed by atoms with van der Waals surface area (Å²) in [5, 5.41) is 2.98. The third kappa shape index (κ3) is 5.32. The molecule has 0 atom stereocenters. The van der Waals surface area contributed by atoms with Crippen LogP contribution in [0.5, 0.6) is 5.75 Å². The molecule has 0 bridgehead atoms. The average Bonchev–Trinajstić information content (AvgIpc) is 2.54. The van der Waals surface area contributed by atoms with Gasteiger partial charge in [-0.3, -0.25) is 4.79 Å². The molecule has 0 radical (unpaired) electrons. The van der Waals surface area contributed by atoms with E-state index in [1.165, 1.54) is 11.1 Å². The van der Waals surface area contributed by atoms with Crippen molar-refractivity contribution >= 4 is 17.7 Å². The summed E-state index contributed by atoms with van der Waals surface area (Å²) in [7, 11) is 1.67. The van der Waals surface area contributed by atoms with Crippen LogP contribution < -0.4 is 10.1 Å². The summed E-state index contributed by atoms with van der Waals surface area (Å²) in [6, 6.07) is 14.2. The van der Waals surface area contributed by atoms with Crippen molar-refractivity contribution in [1.82, 2.24) is 5.32 Å². The Balaban J connectivity index is 1.79. The minimum atomic E-state index is 0.0601. The molecule has 1 amide bonds. The normalized spacial score (nSPS) is 10.4. The Labute approximate surface area is 142 Å². The molecule has 0 aliphatic carbocycles. The van der Waals surface area contributed by atoms with Crippen molar-refractivity contribution in [2.75, 3.05) is 19.4 Å². The quantitative estimate of drug-likeness (QED) is 0.786. The highest BCUT2D eigenvalue weighted by Gasteiger charge is 2.06. The molecule has 2 aromatic rings. The van der Waals surface area contributed by atoms with Crippen LogP contribution in [0.15, 0.2) is 47.4 Å². The summed E-state index contributed by atoms with van der Waals surface area (Å²) in [6.07, 6.45) is 0.769. The molecule has 0 saturated carbocycles. The van der Waals surface area contributed by atoms with Crippen molar-refractivity contribution in [2.45, 2.75) is 25.2 Å². The number of rotatable bonds is 7. The first-order chi connectivity index (χ1) is 11.1. The van der Waals surface area contributed by atoms with Gasteiger partial charge in [0.05, 0.1) is 12.9 Å². The first-order valence-electron chi connectivity index (χ1n) is 7.69. The number of carbonyl (C=O) groups is 1. The number of carbonyl (C=O) groups excluding carboxylic acids is 1. The Hall–Kier alpha value is -1.94. The van der Waals surface area contributed by atoms with E-state index in [9.17, 15) is 4.79 Å². The predicted octanol–water partition coefficient (Wildman–Crippen LogP) is 3.76. The second-order valence-corrected chi connectivity index (χ2v) is 6.49. The molecule has 0 aromatic heterocycles. The highest BCUT2D eigenvalue weighted by molar-refractivity contribution is 8.00. The van der Waals surface area contributed by atoms with Crippen molar-refractivity contribution in [3.05, 3.63) is 59.2 Å². The van der Waals surface area contributed by atoms with Crippen molar-refractivity contribution in [3.63, 3.8) is 0 Å². The zero-order chi connectivity index (χ0) is 16.7. The van der Waals surface area contributed by atoms with E-state index in [1.54, 1.807) is 18.9 Å². The van der Waals surface area contributed by atoms with Crippen LogP contribution in [0.2, 0.25) is 0 Å². The van der Waals surface area contributed by atoms with E-state index in [2.05, 4.69) is 31.3 Å². The lowest BCUT2D eigenvalue weighted by atomic mass is 10.1. The van der Waals surface area contributed by atoms with Crippen LogP contribution in [-0.4, -0.2) is 25.3 Å². The van der Waals surface area contributed by atoms with Gasteiger partial charge >= 0.3 is 0 Å². The van der Waals surface area contributed by atoms with Crippen molar-refractivity contribution in [3.8, 4) is 5.75 Å². The van der Waals surface area contributed by atoms with E-state index in [0.29, 0.717) is 12.3 Å². The molecule has 4 heteroatoms. The Morgan fingerprint density at radius 1 is 1.17 bits per heavy atom. The van der Waals surface area contributed by atoms with E-state index in [4.69, 9.17) is 4.74 Å². The molecule has 0 saturated heterocycles. The smallest absolute Gasteiger partial charge is 0.230 e. The SMILES string of the molecule is COc1ccc(C)cc1CCNC(=O)CSc1ccccc1C. The molecule has 0 spiro atoms. The van der Waals surface area contributed by atoms with Gasteiger partial charge in [-0.1, -0.05) is 35.9 Å². The number of methoxy groups -OCH3 is 1. The van der Waals surface area contributed by atoms with Gasteiger partial charge in [-0.25, -0.2) is 0 Å². The van der Waals surface area contributed by atoms with E-state index in [0.717, 1.165) is 22.6 Å². The molecule has 0 aliphatic rings. The van der Waals surface area contributed by atoms with E-state index >= 15 is 0 Å². The van der Waals surface area contributed by atoms with Crippen LogP contribution in [0.25, 0.3) is 0 Å². The molecule has 122 valence electrons. The number of thioether (sulfide) groups is 1. The van der Waals surface area contributed by atoms with Crippen LogP contribution in [-0.2, 0) is 11.2 Å². The Morgan fingerprint density at radius 3 is 2.70 bits per heavy atom. The van der Waals surface area contributed by atoms with Gasteiger partial charge in [0.2, 0.25) is 5.91 Å². The molecule has 23 heavy (non-hydrogen) atoms. The zero-order valence-electron chi connectivity index (χ0n) is 13.9. The summed E-state index contributed by atoms with van der Waals surface area (Å²) in [5.74, 6) is 1.37. The largest absolute Gasteiger partial charge is 0.496 e. The lowest BCUT2D eigenvalue weighted by Crippen LogP contribution is -2.27. The van der Waals surface area contributed by atoms with Gasteiger partial charge < -0.3 is 10.1 Å². The second kappa shape index (κ2) is 8.63. The molecular weight excluding hydrogens is 306 g/mol. The Morgan fingerprint density at radius 2 is 1.96 bits per heavy atom. The highest BCUT2D eigenvalue weighted by atomic mass is 32.2. The van der Waals surface area contributed by atoms with E-state index in [-0.39, 0.29) is 5.91 Å². The lowest BCUT2D eigenvalue weighted by Gasteiger charge is -2.10. The molecule has 0 heterocycles. The Bertz CT molecular complexity index is 670. The number of benzene rings is 2. The standard InChI is InChI=1S/C19H23NO2S/c1-14-8-9-17(22-3)16(12-14)10-11-20-19(21)13-23-18-7-5-4-6-15(18)2/h4-9,12H,10-11,13H2,1-3H3,(H,20,21). The number of aryl methyl sites for hydroxylation is 2. The average molecular weight is 329 g/mol. The first-order valence-corrected chi connectivity index (χ1v) is 8.67. The fraction of sp³-hybridized carbons (Fsp3) is 0.316. The summed E-state index contributed by atoms with van der Waals surface area (Å²) in [6.45, 7) is 4.73. The maximum Gasteiger partial charge on any atom is 0.230 e. The number of hydrogen-bond acceptors (Lipinski definition) is 3. The van der Waals surface area contributed by atoms with Gasteiger partial charge in [0.1, 0.15) is 5.75 Å². The van der Waals surface area contributed by atoms with Gasteiger partial charge in [-0.2, -0.15) is 0 Å². The number of ether oxygens (including phenoxy) is 1. The van der Waals surface area contributed by atoms with Gasteiger partial charge in [-0.05, 0) is 43.5 Å². The van der Waals surface area contributed by atoms with Crippen LogP contribution in [0.1, 0.15) is 16.7 Å². The number of amides is 1. The summed E-state index contributed by atoms with van der Waals surface area (Å²) in [5.41, 5.74) is 3.52. The second-order valence-electron chi connectivity index (χ2n) is 5.47. The van der Waals surface area contributed by atoms with Crippen molar-refractivity contribution in [1.29, 1.82) is 0 Å². The molecule has 3 nitrogen and oxygen atoms in total. The third-order valence-electron chi connectivity index (χ3n) is 3.60. The number of hydrogen-bond donors (Lipinski definition) is 1. The fourth-order valence-electron chi connectivity index (χ4n) is 2.35. The minimum absolute atomic E-state index is 0.0601. The van der Waals surface area contributed by atoms with Gasteiger partial charge in [0.15, 0.2) is 0 Å².